The van der Waals surface area contributed by atoms with Crippen molar-refractivity contribution in [3.63, 3.8) is 0 Å². The monoisotopic (exact) mass is 194 g/mol. The molecule has 0 saturated carbocycles. The molecule has 0 aliphatic heterocycles. The Morgan fingerprint density at radius 1 is 1.21 bits per heavy atom. The van der Waals surface area contributed by atoms with Gasteiger partial charge in [0.25, 0.3) is 5.78 Å². The second-order valence-corrected chi connectivity index (χ2v) is 2.55. The van der Waals surface area contributed by atoms with Gasteiger partial charge in [-0.3, -0.25) is 4.79 Å². The van der Waals surface area contributed by atoms with Crippen molar-refractivity contribution in [3.05, 3.63) is 41.7 Å². The van der Waals surface area contributed by atoms with Gasteiger partial charge < -0.3 is 5.11 Å². The lowest BCUT2D eigenvalue weighted by atomic mass is 10.2. The van der Waals surface area contributed by atoms with Crippen LogP contribution in [0.2, 0.25) is 0 Å². The van der Waals surface area contributed by atoms with Crippen LogP contribution in [0.15, 0.2) is 30.3 Å². The highest BCUT2D eigenvalue weighted by Gasteiger charge is 2.05. The van der Waals surface area contributed by atoms with Crippen LogP contribution in [-0.4, -0.2) is 16.9 Å². The summed E-state index contributed by atoms with van der Waals surface area (Å²) in [6, 6.07) is 5.35. The summed E-state index contributed by atoms with van der Waals surface area (Å²) in [4.78, 5) is 20.7. The molecule has 4 heteroatoms. The van der Waals surface area contributed by atoms with Crippen molar-refractivity contribution >= 4 is 17.8 Å². The molecule has 14 heavy (non-hydrogen) atoms. The number of carbonyl (C=O) groups is 2. The molecule has 0 aliphatic rings. The van der Waals surface area contributed by atoms with Gasteiger partial charge in [-0.1, -0.05) is 18.2 Å². The number of carboxylic acid groups (broad SMARTS) is 1. The van der Waals surface area contributed by atoms with E-state index in [0.29, 0.717) is 5.56 Å². The maximum absolute atomic E-state index is 12.4. The molecule has 0 saturated heterocycles. The second kappa shape index (κ2) is 4.32. The summed E-state index contributed by atoms with van der Waals surface area (Å²) < 4.78 is 12.4. The Morgan fingerprint density at radius 3 is 2.29 bits per heavy atom. The van der Waals surface area contributed by atoms with Gasteiger partial charge in [0.1, 0.15) is 5.82 Å². The third-order valence-corrected chi connectivity index (χ3v) is 1.51. The van der Waals surface area contributed by atoms with Crippen LogP contribution < -0.4 is 0 Å². The molecule has 1 N–H and O–H groups in total. The lowest BCUT2D eigenvalue weighted by Gasteiger charge is -1.91. The van der Waals surface area contributed by atoms with E-state index in [2.05, 4.69) is 0 Å². The van der Waals surface area contributed by atoms with E-state index in [9.17, 15) is 14.0 Å². The molecule has 0 amide bonds. The second-order valence-electron chi connectivity index (χ2n) is 2.55. The molecule has 0 bridgehead atoms. The molecule has 0 aromatic heterocycles. The van der Waals surface area contributed by atoms with Crippen molar-refractivity contribution in [1.29, 1.82) is 0 Å². The molecular formula is C10H7FO3. The molecular weight excluding hydrogens is 187 g/mol. The minimum atomic E-state index is -1.51. The van der Waals surface area contributed by atoms with Crippen molar-refractivity contribution in [3.8, 4) is 0 Å². The number of halogens is 1. The Hall–Kier alpha value is -1.97. The Labute approximate surface area is 79.5 Å². The van der Waals surface area contributed by atoms with Gasteiger partial charge in [-0.25, -0.2) is 9.18 Å². The highest BCUT2D eigenvalue weighted by atomic mass is 19.1. The topological polar surface area (TPSA) is 54.4 Å². The van der Waals surface area contributed by atoms with Gasteiger partial charge in [-0.05, 0) is 23.8 Å². The molecule has 0 atom stereocenters. The average molecular weight is 194 g/mol. The summed E-state index contributed by atoms with van der Waals surface area (Å²) in [6.45, 7) is 0. The number of aliphatic carboxylic acids is 1. The van der Waals surface area contributed by atoms with Gasteiger partial charge in [0.2, 0.25) is 0 Å². The average Bonchev–Trinajstić information content (AvgIpc) is 2.16. The number of carboxylic acids is 1. The zero-order valence-corrected chi connectivity index (χ0v) is 7.11. The van der Waals surface area contributed by atoms with Crippen molar-refractivity contribution in [1.82, 2.24) is 0 Å². The van der Waals surface area contributed by atoms with Gasteiger partial charge in [-0.2, -0.15) is 0 Å². The fourth-order valence-electron chi connectivity index (χ4n) is 0.817. The lowest BCUT2D eigenvalue weighted by molar-refractivity contribution is -0.146. The first kappa shape index (κ1) is 10.1. The minimum Gasteiger partial charge on any atom is -0.475 e. The van der Waals surface area contributed by atoms with Crippen molar-refractivity contribution in [2.45, 2.75) is 0 Å². The maximum Gasteiger partial charge on any atom is 0.376 e. The fourth-order valence-corrected chi connectivity index (χ4v) is 0.817. The van der Waals surface area contributed by atoms with Crippen LogP contribution in [0.1, 0.15) is 5.56 Å². The molecule has 0 spiro atoms. The Balaban J connectivity index is 2.74. The van der Waals surface area contributed by atoms with Crippen LogP contribution in [0, 0.1) is 5.82 Å². The van der Waals surface area contributed by atoms with E-state index in [-0.39, 0.29) is 5.82 Å². The molecule has 0 radical (unpaired) electrons. The van der Waals surface area contributed by atoms with Gasteiger partial charge in [0.15, 0.2) is 0 Å². The largest absolute Gasteiger partial charge is 0.475 e. The van der Waals surface area contributed by atoms with Crippen molar-refractivity contribution in [2.24, 2.45) is 0 Å². The summed E-state index contributed by atoms with van der Waals surface area (Å²) >= 11 is 0. The molecule has 0 fully saturated rings. The van der Waals surface area contributed by atoms with Gasteiger partial charge in [-0.15, -0.1) is 0 Å². The normalized spacial score (nSPS) is 10.4. The van der Waals surface area contributed by atoms with Crippen LogP contribution in [0.3, 0.4) is 0 Å². The molecule has 3 nitrogen and oxygen atoms in total. The van der Waals surface area contributed by atoms with Crippen LogP contribution >= 0.6 is 0 Å². The third-order valence-electron chi connectivity index (χ3n) is 1.51. The van der Waals surface area contributed by atoms with Crippen molar-refractivity contribution in [2.75, 3.05) is 0 Å². The van der Waals surface area contributed by atoms with Crippen LogP contribution in [0.25, 0.3) is 6.08 Å². The zero-order valence-electron chi connectivity index (χ0n) is 7.11. The standard InChI is InChI=1S/C10H7FO3/c11-8-4-1-7(2-5-8)3-6-9(12)10(13)14/h1-6H,(H,13,14)/b6-3+. The van der Waals surface area contributed by atoms with E-state index in [1.807, 2.05) is 0 Å². The summed E-state index contributed by atoms with van der Waals surface area (Å²) in [6.07, 6.45) is 2.24. The Morgan fingerprint density at radius 2 is 1.79 bits per heavy atom. The molecule has 1 aromatic carbocycles. The fraction of sp³-hybridized carbons (Fsp3) is 0. The zero-order chi connectivity index (χ0) is 10.6. The maximum atomic E-state index is 12.4. The van der Waals surface area contributed by atoms with E-state index < -0.39 is 11.8 Å². The van der Waals surface area contributed by atoms with Crippen LogP contribution in [-0.2, 0) is 9.59 Å². The Bertz CT molecular complexity index is 379. The highest BCUT2D eigenvalue weighted by Crippen LogP contribution is 2.04. The number of rotatable bonds is 3. The van der Waals surface area contributed by atoms with E-state index in [1.165, 1.54) is 30.3 Å². The summed E-state index contributed by atoms with van der Waals surface area (Å²) in [5.41, 5.74) is 0.570. The van der Waals surface area contributed by atoms with Crippen LogP contribution in [0.4, 0.5) is 4.39 Å². The molecule has 72 valence electrons. The Kier molecular flexibility index (Phi) is 3.12. The highest BCUT2D eigenvalue weighted by molar-refractivity contribution is 6.38. The number of carbonyl (C=O) groups excluding carboxylic acids is 1. The van der Waals surface area contributed by atoms with E-state index >= 15 is 0 Å². The smallest absolute Gasteiger partial charge is 0.376 e. The predicted octanol–water partition coefficient (Wildman–Crippen LogP) is 1.49. The van der Waals surface area contributed by atoms with E-state index in [1.54, 1.807) is 0 Å². The lowest BCUT2D eigenvalue weighted by Crippen LogP contribution is -2.08. The van der Waals surface area contributed by atoms with E-state index in [4.69, 9.17) is 5.11 Å². The molecule has 1 rings (SSSR count). The van der Waals surface area contributed by atoms with Gasteiger partial charge >= 0.3 is 5.97 Å². The number of ketones is 1. The van der Waals surface area contributed by atoms with E-state index in [0.717, 1.165) is 6.08 Å². The number of benzene rings is 1. The summed E-state index contributed by atoms with van der Waals surface area (Å²) in [5.74, 6) is -2.90. The quantitative estimate of drug-likeness (QED) is 0.585. The SMILES string of the molecule is O=C(O)C(=O)/C=C/c1ccc(F)cc1. The summed E-state index contributed by atoms with van der Waals surface area (Å²) in [7, 11) is 0. The molecule has 0 heterocycles. The third kappa shape index (κ3) is 2.82. The first-order valence-corrected chi connectivity index (χ1v) is 3.80. The molecule has 0 unspecified atom stereocenters. The number of hydrogen-bond acceptors (Lipinski definition) is 2. The molecule has 0 aliphatic carbocycles. The molecule has 1 aromatic rings. The van der Waals surface area contributed by atoms with Crippen molar-refractivity contribution < 1.29 is 19.1 Å². The minimum absolute atomic E-state index is 0.383. The van der Waals surface area contributed by atoms with Gasteiger partial charge in [0.05, 0.1) is 0 Å². The summed E-state index contributed by atoms with van der Waals surface area (Å²) in [5, 5.41) is 8.24. The first-order chi connectivity index (χ1) is 6.59. The number of hydrogen-bond donors (Lipinski definition) is 1. The van der Waals surface area contributed by atoms with Gasteiger partial charge in [0, 0.05) is 0 Å². The van der Waals surface area contributed by atoms with Crippen LogP contribution in [0.5, 0.6) is 0 Å². The first-order valence-electron chi connectivity index (χ1n) is 3.80. The predicted molar refractivity (Wildman–Crippen MR) is 48.1 cm³/mol.